The van der Waals surface area contributed by atoms with Crippen LogP contribution in [-0.2, 0) is 6.54 Å². The summed E-state index contributed by atoms with van der Waals surface area (Å²) in [7, 11) is 0. The topological polar surface area (TPSA) is 49.2 Å². The van der Waals surface area contributed by atoms with Gasteiger partial charge < -0.3 is 5.11 Å². The number of likely N-dealkylation sites (tertiary alicyclic amines) is 1. The number of aromatic nitrogens is 2. The van der Waals surface area contributed by atoms with E-state index in [1.165, 1.54) is 0 Å². The van der Waals surface area contributed by atoms with Crippen molar-refractivity contribution in [2.24, 2.45) is 0 Å². The van der Waals surface area contributed by atoms with Crippen molar-refractivity contribution >= 4 is 11.6 Å². The number of aliphatic hydroxyl groups is 1. The van der Waals surface area contributed by atoms with E-state index in [-0.39, 0.29) is 6.10 Å². The molecule has 0 saturated carbocycles. The van der Waals surface area contributed by atoms with Crippen LogP contribution in [-0.4, -0.2) is 39.4 Å². The Morgan fingerprint density at radius 1 is 1.47 bits per heavy atom. The Labute approximate surface area is 93.9 Å². The fraction of sp³-hybridized carbons (Fsp3) is 0.600. The van der Waals surface area contributed by atoms with Crippen LogP contribution in [0.5, 0.6) is 0 Å². The van der Waals surface area contributed by atoms with E-state index < -0.39 is 0 Å². The highest BCUT2D eigenvalue weighted by Crippen LogP contribution is 2.12. The van der Waals surface area contributed by atoms with Crippen LogP contribution in [0.15, 0.2) is 12.1 Å². The molecule has 2 rings (SSSR count). The lowest BCUT2D eigenvalue weighted by Gasteiger charge is -2.29. The smallest absolute Gasteiger partial charge is 0.151 e. The van der Waals surface area contributed by atoms with Crippen molar-refractivity contribution in [3.05, 3.63) is 23.0 Å². The molecule has 1 aromatic rings. The van der Waals surface area contributed by atoms with Crippen LogP contribution >= 0.6 is 11.6 Å². The van der Waals surface area contributed by atoms with E-state index in [0.717, 1.165) is 38.2 Å². The Bertz CT molecular complexity index is 317. The van der Waals surface area contributed by atoms with Crippen LogP contribution in [0.2, 0.25) is 5.15 Å². The first-order valence-corrected chi connectivity index (χ1v) is 5.50. The average Bonchev–Trinajstić information content (AvgIpc) is 2.22. The molecule has 5 heteroatoms. The van der Waals surface area contributed by atoms with Gasteiger partial charge >= 0.3 is 0 Å². The highest BCUT2D eigenvalue weighted by Gasteiger charge is 2.17. The van der Waals surface area contributed by atoms with Crippen LogP contribution in [0, 0.1) is 0 Å². The number of hydrogen-bond acceptors (Lipinski definition) is 4. The summed E-state index contributed by atoms with van der Waals surface area (Å²) in [6.07, 6.45) is 1.75. The molecule has 1 aliphatic rings. The molecule has 0 spiro atoms. The first kappa shape index (κ1) is 10.8. The summed E-state index contributed by atoms with van der Waals surface area (Å²) < 4.78 is 0. The standard InChI is InChI=1S/C10H14ClN3O/c11-10-4-3-8(12-13-10)6-14-5-1-2-9(15)7-14/h3-4,9,15H,1-2,5-7H2. The molecule has 82 valence electrons. The first-order valence-electron chi connectivity index (χ1n) is 5.12. The minimum absolute atomic E-state index is 0.195. The molecule has 0 amide bonds. The summed E-state index contributed by atoms with van der Waals surface area (Å²) in [6.45, 7) is 2.48. The van der Waals surface area contributed by atoms with Gasteiger partial charge in [-0.05, 0) is 31.5 Å². The van der Waals surface area contributed by atoms with Gasteiger partial charge in [0, 0.05) is 13.1 Å². The van der Waals surface area contributed by atoms with Gasteiger partial charge in [-0.15, -0.1) is 5.10 Å². The Morgan fingerprint density at radius 2 is 2.33 bits per heavy atom. The van der Waals surface area contributed by atoms with E-state index in [2.05, 4.69) is 15.1 Å². The molecular formula is C10H14ClN3O. The molecule has 1 fully saturated rings. The zero-order valence-electron chi connectivity index (χ0n) is 8.43. The molecule has 0 bridgehead atoms. The molecule has 0 radical (unpaired) electrons. The summed E-state index contributed by atoms with van der Waals surface area (Å²) in [4.78, 5) is 2.19. The average molecular weight is 228 g/mol. The SMILES string of the molecule is OC1CCCN(Cc2ccc(Cl)nn2)C1. The molecule has 1 aliphatic heterocycles. The molecule has 2 heterocycles. The highest BCUT2D eigenvalue weighted by atomic mass is 35.5. The largest absolute Gasteiger partial charge is 0.392 e. The van der Waals surface area contributed by atoms with Crippen molar-refractivity contribution in [3.63, 3.8) is 0 Å². The predicted molar refractivity (Wildman–Crippen MR) is 57.6 cm³/mol. The predicted octanol–water partition coefficient (Wildman–Crippen LogP) is 1.09. The number of rotatable bonds is 2. The maximum Gasteiger partial charge on any atom is 0.151 e. The summed E-state index contributed by atoms with van der Waals surface area (Å²) in [6, 6.07) is 3.61. The maximum atomic E-state index is 9.50. The second-order valence-corrected chi connectivity index (χ2v) is 4.27. The van der Waals surface area contributed by atoms with Gasteiger partial charge in [0.25, 0.3) is 0 Å². The van der Waals surface area contributed by atoms with Crippen molar-refractivity contribution in [3.8, 4) is 0 Å². The Morgan fingerprint density at radius 3 is 3.00 bits per heavy atom. The minimum Gasteiger partial charge on any atom is -0.392 e. The molecule has 1 aromatic heterocycles. The van der Waals surface area contributed by atoms with Crippen LogP contribution in [0.25, 0.3) is 0 Å². The number of halogens is 1. The van der Waals surface area contributed by atoms with Crippen LogP contribution in [0.3, 0.4) is 0 Å². The molecule has 1 saturated heterocycles. The molecule has 1 atom stereocenters. The van der Waals surface area contributed by atoms with Crippen molar-refractivity contribution in [2.45, 2.75) is 25.5 Å². The second-order valence-electron chi connectivity index (χ2n) is 3.88. The van der Waals surface area contributed by atoms with E-state index in [0.29, 0.717) is 5.15 Å². The molecule has 0 aromatic carbocycles. The fourth-order valence-corrected chi connectivity index (χ4v) is 1.93. The molecule has 4 nitrogen and oxygen atoms in total. The normalized spacial score (nSPS) is 22.9. The van der Waals surface area contributed by atoms with Gasteiger partial charge in [0.1, 0.15) is 0 Å². The van der Waals surface area contributed by atoms with Gasteiger partial charge in [0.05, 0.1) is 11.8 Å². The van der Waals surface area contributed by atoms with E-state index in [1.807, 2.05) is 6.07 Å². The van der Waals surface area contributed by atoms with Crippen molar-refractivity contribution in [2.75, 3.05) is 13.1 Å². The molecule has 15 heavy (non-hydrogen) atoms. The van der Waals surface area contributed by atoms with Gasteiger partial charge in [0.15, 0.2) is 5.15 Å². The number of hydrogen-bond donors (Lipinski definition) is 1. The number of nitrogens with zero attached hydrogens (tertiary/aromatic N) is 3. The first-order chi connectivity index (χ1) is 7.24. The van der Waals surface area contributed by atoms with E-state index in [9.17, 15) is 5.11 Å². The van der Waals surface area contributed by atoms with E-state index >= 15 is 0 Å². The fourth-order valence-electron chi connectivity index (χ4n) is 1.83. The van der Waals surface area contributed by atoms with Crippen molar-refractivity contribution in [1.82, 2.24) is 15.1 Å². The van der Waals surface area contributed by atoms with Crippen LogP contribution < -0.4 is 0 Å². The number of aliphatic hydroxyl groups excluding tert-OH is 1. The van der Waals surface area contributed by atoms with E-state index in [4.69, 9.17) is 11.6 Å². The Hall–Kier alpha value is -0.710. The highest BCUT2D eigenvalue weighted by molar-refractivity contribution is 6.29. The molecule has 1 N–H and O–H groups in total. The summed E-state index contributed by atoms with van der Waals surface area (Å²) in [5.41, 5.74) is 0.897. The number of piperidine rings is 1. The van der Waals surface area contributed by atoms with Gasteiger partial charge in [0.2, 0.25) is 0 Å². The molecule has 0 aliphatic carbocycles. The monoisotopic (exact) mass is 227 g/mol. The minimum atomic E-state index is -0.195. The zero-order chi connectivity index (χ0) is 10.7. The van der Waals surface area contributed by atoms with Gasteiger partial charge in [-0.25, -0.2) is 0 Å². The summed E-state index contributed by atoms with van der Waals surface area (Å²) in [5.74, 6) is 0. The van der Waals surface area contributed by atoms with Gasteiger partial charge in [-0.1, -0.05) is 11.6 Å². The second kappa shape index (κ2) is 4.88. The maximum absolute atomic E-state index is 9.50. The lowest BCUT2D eigenvalue weighted by atomic mass is 10.1. The van der Waals surface area contributed by atoms with Crippen molar-refractivity contribution in [1.29, 1.82) is 0 Å². The lowest BCUT2D eigenvalue weighted by Crippen LogP contribution is -2.37. The third-order valence-corrected chi connectivity index (χ3v) is 2.76. The zero-order valence-corrected chi connectivity index (χ0v) is 9.19. The summed E-state index contributed by atoms with van der Waals surface area (Å²) in [5, 5.41) is 17.7. The van der Waals surface area contributed by atoms with Crippen LogP contribution in [0.4, 0.5) is 0 Å². The quantitative estimate of drug-likeness (QED) is 0.822. The van der Waals surface area contributed by atoms with Gasteiger partial charge in [-0.2, -0.15) is 5.10 Å². The van der Waals surface area contributed by atoms with Crippen molar-refractivity contribution < 1.29 is 5.11 Å². The third kappa shape index (κ3) is 3.12. The summed E-state index contributed by atoms with van der Waals surface area (Å²) >= 11 is 5.65. The Kier molecular flexibility index (Phi) is 3.51. The third-order valence-electron chi connectivity index (χ3n) is 2.55. The van der Waals surface area contributed by atoms with Crippen LogP contribution in [0.1, 0.15) is 18.5 Å². The molecular weight excluding hydrogens is 214 g/mol. The number of β-amino-alcohol motifs (C(OH)–C–C–N with tert-alkyl or cyclic N) is 1. The Balaban J connectivity index is 1.93. The van der Waals surface area contributed by atoms with Gasteiger partial charge in [-0.3, -0.25) is 4.90 Å². The van der Waals surface area contributed by atoms with E-state index in [1.54, 1.807) is 6.07 Å². The lowest BCUT2D eigenvalue weighted by molar-refractivity contribution is 0.0661. The molecule has 1 unspecified atom stereocenters.